The number of amides is 2. The van der Waals surface area contributed by atoms with E-state index in [0.29, 0.717) is 10.7 Å². The van der Waals surface area contributed by atoms with Crippen molar-refractivity contribution >= 4 is 52.5 Å². The monoisotopic (exact) mass is 372 g/mol. The van der Waals surface area contributed by atoms with Crippen molar-refractivity contribution in [2.24, 2.45) is 0 Å². The summed E-state index contributed by atoms with van der Waals surface area (Å²) in [6.07, 6.45) is 1.29. The Morgan fingerprint density at radius 2 is 1.84 bits per heavy atom. The average molecular weight is 373 g/mol. The van der Waals surface area contributed by atoms with Gasteiger partial charge in [-0.25, -0.2) is 0 Å². The molecular weight excluding hydrogens is 360 g/mol. The van der Waals surface area contributed by atoms with Gasteiger partial charge in [-0.15, -0.1) is 0 Å². The first-order valence-corrected chi connectivity index (χ1v) is 8.12. The molecular formula is C18H13ClN2O3S. The lowest BCUT2D eigenvalue weighted by Gasteiger charge is -2.29. The van der Waals surface area contributed by atoms with Gasteiger partial charge >= 0.3 is 0 Å². The third kappa shape index (κ3) is 3.40. The molecule has 126 valence electrons. The summed E-state index contributed by atoms with van der Waals surface area (Å²) in [6, 6.07) is 11.5. The van der Waals surface area contributed by atoms with Crippen molar-refractivity contribution in [3.63, 3.8) is 0 Å². The molecule has 25 heavy (non-hydrogen) atoms. The van der Waals surface area contributed by atoms with Crippen LogP contribution in [0, 0.1) is 6.92 Å². The number of hydrogen-bond acceptors (Lipinski definition) is 4. The number of phenols is 1. The van der Waals surface area contributed by atoms with E-state index in [1.54, 1.807) is 12.1 Å². The number of carbonyl (C=O) groups excluding carboxylic acids is 2. The number of nitrogens with zero attached hydrogens (tertiary/aromatic N) is 1. The molecule has 0 spiro atoms. The lowest BCUT2D eigenvalue weighted by molar-refractivity contribution is -0.122. The minimum Gasteiger partial charge on any atom is -0.507 e. The van der Waals surface area contributed by atoms with E-state index >= 15 is 0 Å². The number of hydrogen-bond donors (Lipinski definition) is 2. The fourth-order valence-electron chi connectivity index (χ4n) is 2.38. The quantitative estimate of drug-likeness (QED) is 0.482. The zero-order valence-electron chi connectivity index (χ0n) is 13.1. The SMILES string of the molecule is Cc1ccc(N2C(=O)C(=Cc3cc(Cl)ccc3O)C(=O)NC2=S)cc1. The zero-order valence-corrected chi connectivity index (χ0v) is 14.7. The van der Waals surface area contributed by atoms with E-state index in [1.165, 1.54) is 29.2 Å². The van der Waals surface area contributed by atoms with Gasteiger partial charge in [0, 0.05) is 10.6 Å². The first-order valence-electron chi connectivity index (χ1n) is 7.33. The minimum absolute atomic E-state index is 0.00585. The maximum absolute atomic E-state index is 12.8. The molecule has 0 aliphatic carbocycles. The molecule has 1 heterocycles. The number of rotatable bonds is 2. The molecule has 2 amide bonds. The van der Waals surface area contributed by atoms with Crippen molar-refractivity contribution in [1.82, 2.24) is 5.32 Å². The predicted molar refractivity (Wildman–Crippen MR) is 100 cm³/mol. The lowest BCUT2D eigenvalue weighted by Crippen LogP contribution is -2.54. The van der Waals surface area contributed by atoms with Crippen LogP contribution in [0.2, 0.25) is 5.02 Å². The van der Waals surface area contributed by atoms with E-state index in [2.05, 4.69) is 5.32 Å². The van der Waals surface area contributed by atoms with Crippen molar-refractivity contribution in [3.8, 4) is 5.75 Å². The molecule has 3 rings (SSSR count). The number of phenolic OH excluding ortho intramolecular Hbond substituents is 1. The maximum atomic E-state index is 12.8. The third-order valence-electron chi connectivity index (χ3n) is 3.68. The Bertz CT molecular complexity index is 922. The van der Waals surface area contributed by atoms with Crippen LogP contribution in [0.1, 0.15) is 11.1 Å². The Labute approximate surface area is 154 Å². The number of aryl methyl sites for hydroxylation is 1. The molecule has 0 atom stereocenters. The van der Waals surface area contributed by atoms with Crippen LogP contribution >= 0.6 is 23.8 Å². The normalized spacial score (nSPS) is 16.3. The van der Waals surface area contributed by atoms with Gasteiger partial charge in [-0.05, 0) is 55.5 Å². The number of thiocarbonyl (C=S) groups is 1. The number of carbonyl (C=O) groups is 2. The Morgan fingerprint density at radius 3 is 2.52 bits per heavy atom. The van der Waals surface area contributed by atoms with Crippen molar-refractivity contribution in [2.75, 3.05) is 4.90 Å². The first-order chi connectivity index (χ1) is 11.9. The molecule has 0 radical (unpaired) electrons. The summed E-state index contributed by atoms with van der Waals surface area (Å²) in [5, 5.41) is 12.8. The Hall–Kier alpha value is -2.70. The largest absolute Gasteiger partial charge is 0.507 e. The second-order valence-electron chi connectivity index (χ2n) is 5.50. The summed E-state index contributed by atoms with van der Waals surface area (Å²) in [5.41, 5.74) is 1.69. The van der Waals surface area contributed by atoms with Crippen LogP contribution in [0.3, 0.4) is 0 Å². The van der Waals surface area contributed by atoms with E-state index in [9.17, 15) is 14.7 Å². The highest BCUT2D eigenvalue weighted by molar-refractivity contribution is 7.80. The Morgan fingerprint density at radius 1 is 1.16 bits per heavy atom. The van der Waals surface area contributed by atoms with E-state index in [0.717, 1.165) is 5.56 Å². The highest BCUT2D eigenvalue weighted by atomic mass is 35.5. The van der Waals surface area contributed by atoms with E-state index in [1.807, 2.05) is 19.1 Å². The van der Waals surface area contributed by atoms with Crippen molar-refractivity contribution in [1.29, 1.82) is 0 Å². The van der Waals surface area contributed by atoms with Gasteiger partial charge < -0.3 is 5.11 Å². The van der Waals surface area contributed by atoms with Crippen LogP contribution < -0.4 is 10.2 Å². The molecule has 2 aromatic rings. The first kappa shape index (κ1) is 17.1. The van der Waals surface area contributed by atoms with Crippen molar-refractivity contribution in [2.45, 2.75) is 6.92 Å². The van der Waals surface area contributed by atoms with Gasteiger partial charge in [0.1, 0.15) is 11.3 Å². The highest BCUT2D eigenvalue weighted by Gasteiger charge is 2.34. The van der Waals surface area contributed by atoms with Gasteiger partial charge in [-0.2, -0.15) is 0 Å². The van der Waals surface area contributed by atoms with Crippen molar-refractivity contribution < 1.29 is 14.7 Å². The topological polar surface area (TPSA) is 69.6 Å². The molecule has 0 saturated carbocycles. The molecule has 0 unspecified atom stereocenters. The van der Waals surface area contributed by atoms with Gasteiger partial charge in [-0.1, -0.05) is 29.3 Å². The fourth-order valence-corrected chi connectivity index (χ4v) is 2.84. The van der Waals surface area contributed by atoms with Crippen molar-refractivity contribution in [3.05, 3.63) is 64.2 Å². The number of anilines is 1. The summed E-state index contributed by atoms with van der Waals surface area (Å²) in [7, 11) is 0. The van der Waals surface area contributed by atoms with Crippen LogP contribution in [-0.2, 0) is 9.59 Å². The van der Waals surface area contributed by atoms with E-state index in [-0.39, 0.29) is 22.0 Å². The minimum atomic E-state index is -0.627. The fraction of sp³-hybridized carbons (Fsp3) is 0.0556. The molecule has 1 saturated heterocycles. The molecule has 7 heteroatoms. The van der Waals surface area contributed by atoms with Crippen LogP contribution in [0.15, 0.2) is 48.0 Å². The molecule has 0 aromatic heterocycles. The summed E-state index contributed by atoms with van der Waals surface area (Å²) >= 11 is 11.0. The van der Waals surface area contributed by atoms with Crippen LogP contribution in [0.25, 0.3) is 6.08 Å². The molecule has 1 fully saturated rings. The molecule has 5 nitrogen and oxygen atoms in total. The number of halogens is 1. The highest BCUT2D eigenvalue weighted by Crippen LogP contribution is 2.27. The number of nitrogens with one attached hydrogen (secondary N) is 1. The molecule has 2 aromatic carbocycles. The van der Waals surface area contributed by atoms with E-state index < -0.39 is 11.8 Å². The summed E-state index contributed by atoms with van der Waals surface area (Å²) < 4.78 is 0. The third-order valence-corrected chi connectivity index (χ3v) is 4.20. The summed E-state index contributed by atoms with van der Waals surface area (Å²) in [6.45, 7) is 1.93. The van der Waals surface area contributed by atoms with Gasteiger partial charge in [0.25, 0.3) is 11.8 Å². The zero-order chi connectivity index (χ0) is 18.1. The Balaban J connectivity index is 2.05. The number of aromatic hydroxyl groups is 1. The second-order valence-corrected chi connectivity index (χ2v) is 6.32. The van der Waals surface area contributed by atoms with Crippen LogP contribution in [-0.4, -0.2) is 22.0 Å². The number of benzene rings is 2. The van der Waals surface area contributed by atoms with Gasteiger partial charge in [-0.3, -0.25) is 19.8 Å². The van der Waals surface area contributed by atoms with Gasteiger partial charge in [0.2, 0.25) is 0 Å². The predicted octanol–water partition coefficient (Wildman–Crippen LogP) is 3.19. The maximum Gasteiger partial charge on any atom is 0.270 e. The van der Waals surface area contributed by atoms with E-state index in [4.69, 9.17) is 23.8 Å². The summed E-state index contributed by atoms with van der Waals surface area (Å²) in [5.74, 6) is -1.29. The molecule has 1 aliphatic rings. The van der Waals surface area contributed by atoms with Crippen LogP contribution in [0.5, 0.6) is 5.75 Å². The van der Waals surface area contributed by atoms with Gasteiger partial charge in [0.15, 0.2) is 5.11 Å². The standard InChI is InChI=1S/C18H13ClN2O3S/c1-10-2-5-13(6-3-10)21-17(24)14(16(23)20-18(21)25)9-11-8-12(19)4-7-15(11)22/h2-9,22H,1H3,(H,20,23,25). The van der Waals surface area contributed by atoms with Gasteiger partial charge in [0.05, 0.1) is 5.69 Å². The molecule has 0 bridgehead atoms. The molecule has 1 aliphatic heterocycles. The lowest BCUT2D eigenvalue weighted by atomic mass is 10.1. The Kier molecular flexibility index (Phi) is 4.57. The second kappa shape index (κ2) is 6.66. The smallest absolute Gasteiger partial charge is 0.270 e. The molecule has 2 N–H and O–H groups in total. The van der Waals surface area contributed by atoms with Crippen LogP contribution in [0.4, 0.5) is 5.69 Å². The summed E-state index contributed by atoms with van der Waals surface area (Å²) in [4.78, 5) is 26.3. The average Bonchev–Trinajstić information content (AvgIpc) is 2.56.